The molecule has 0 bridgehead atoms. The number of aromatic amines is 1. The summed E-state index contributed by atoms with van der Waals surface area (Å²) >= 11 is 0. The van der Waals surface area contributed by atoms with Gasteiger partial charge in [0.15, 0.2) is 5.75 Å². The summed E-state index contributed by atoms with van der Waals surface area (Å²) in [7, 11) is 0. The lowest BCUT2D eigenvalue weighted by Gasteiger charge is -1.93. The highest BCUT2D eigenvalue weighted by Crippen LogP contribution is 2.14. The van der Waals surface area contributed by atoms with Gasteiger partial charge in [0.25, 0.3) is 0 Å². The zero-order chi connectivity index (χ0) is 10.7. The molecule has 0 atom stereocenters. The SMILES string of the molecule is Cc1ccc(N=Cc2[nH]ncc2O)cc1. The summed E-state index contributed by atoms with van der Waals surface area (Å²) in [4.78, 5) is 4.19. The summed E-state index contributed by atoms with van der Waals surface area (Å²) < 4.78 is 0. The van der Waals surface area contributed by atoms with Crippen LogP contribution in [0.15, 0.2) is 35.5 Å². The van der Waals surface area contributed by atoms with E-state index < -0.39 is 0 Å². The maximum atomic E-state index is 9.29. The molecule has 4 nitrogen and oxygen atoms in total. The van der Waals surface area contributed by atoms with Gasteiger partial charge in [-0.25, -0.2) is 0 Å². The van der Waals surface area contributed by atoms with Crippen molar-refractivity contribution in [3.05, 3.63) is 41.7 Å². The number of hydrogen-bond acceptors (Lipinski definition) is 3. The van der Waals surface area contributed by atoms with Gasteiger partial charge in [0.1, 0.15) is 5.69 Å². The molecule has 2 aromatic rings. The summed E-state index contributed by atoms with van der Waals surface area (Å²) in [5, 5.41) is 15.6. The van der Waals surface area contributed by atoms with Crippen LogP contribution < -0.4 is 0 Å². The average molecular weight is 201 g/mol. The first-order chi connectivity index (χ1) is 7.25. The number of aliphatic imine (C=N–C) groups is 1. The van der Waals surface area contributed by atoms with Gasteiger partial charge in [-0.3, -0.25) is 10.1 Å². The maximum absolute atomic E-state index is 9.29. The van der Waals surface area contributed by atoms with Gasteiger partial charge in [-0.2, -0.15) is 5.10 Å². The fourth-order valence-electron chi connectivity index (χ4n) is 1.15. The molecule has 0 saturated heterocycles. The summed E-state index contributed by atoms with van der Waals surface area (Å²) in [5.74, 6) is 0.103. The van der Waals surface area contributed by atoms with Crippen molar-refractivity contribution in [1.29, 1.82) is 0 Å². The van der Waals surface area contributed by atoms with Crippen molar-refractivity contribution in [3.63, 3.8) is 0 Å². The van der Waals surface area contributed by atoms with E-state index in [2.05, 4.69) is 15.2 Å². The molecule has 0 saturated carbocycles. The highest BCUT2D eigenvalue weighted by molar-refractivity contribution is 5.82. The van der Waals surface area contributed by atoms with Gasteiger partial charge in [0, 0.05) is 0 Å². The van der Waals surface area contributed by atoms with Gasteiger partial charge < -0.3 is 5.11 Å². The second-order valence-corrected chi connectivity index (χ2v) is 3.26. The molecule has 2 rings (SSSR count). The Bertz CT molecular complexity index is 471. The average Bonchev–Trinajstić information content (AvgIpc) is 2.63. The zero-order valence-corrected chi connectivity index (χ0v) is 8.31. The fourth-order valence-corrected chi connectivity index (χ4v) is 1.15. The van der Waals surface area contributed by atoms with Gasteiger partial charge in [0.05, 0.1) is 18.1 Å². The Hall–Kier alpha value is -2.10. The molecule has 0 aliphatic heterocycles. The molecule has 4 heteroatoms. The van der Waals surface area contributed by atoms with Crippen LogP contribution in [0.3, 0.4) is 0 Å². The van der Waals surface area contributed by atoms with Gasteiger partial charge in [-0.15, -0.1) is 0 Å². The van der Waals surface area contributed by atoms with E-state index in [1.54, 1.807) is 6.21 Å². The number of aromatic hydroxyl groups is 1. The zero-order valence-electron chi connectivity index (χ0n) is 8.31. The molecular formula is C11H11N3O. The van der Waals surface area contributed by atoms with E-state index in [9.17, 15) is 5.11 Å². The van der Waals surface area contributed by atoms with E-state index in [1.807, 2.05) is 31.2 Å². The van der Waals surface area contributed by atoms with Crippen LogP contribution in [0, 0.1) is 6.92 Å². The number of rotatable bonds is 2. The molecule has 0 spiro atoms. The van der Waals surface area contributed by atoms with Gasteiger partial charge in [-0.1, -0.05) is 17.7 Å². The Balaban J connectivity index is 2.19. The van der Waals surface area contributed by atoms with Crippen molar-refractivity contribution in [2.45, 2.75) is 6.92 Å². The van der Waals surface area contributed by atoms with E-state index >= 15 is 0 Å². The number of nitrogens with one attached hydrogen (secondary N) is 1. The van der Waals surface area contributed by atoms with E-state index in [0.29, 0.717) is 5.69 Å². The second kappa shape index (κ2) is 3.96. The van der Waals surface area contributed by atoms with Gasteiger partial charge in [-0.05, 0) is 19.1 Å². The molecule has 1 aromatic carbocycles. The van der Waals surface area contributed by atoms with Crippen LogP contribution in [-0.2, 0) is 0 Å². The van der Waals surface area contributed by atoms with Crippen LogP contribution in [0.5, 0.6) is 5.75 Å². The number of H-pyrrole nitrogens is 1. The van der Waals surface area contributed by atoms with Crippen LogP contribution >= 0.6 is 0 Å². The minimum Gasteiger partial charge on any atom is -0.504 e. The third-order valence-corrected chi connectivity index (χ3v) is 2.02. The standard InChI is InChI=1S/C11H11N3O/c1-8-2-4-9(5-3-8)12-6-10-11(15)7-13-14-10/h2-7,15H,1H3,(H,13,14). The first kappa shape index (κ1) is 9.45. The smallest absolute Gasteiger partial charge is 0.162 e. The summed E-state index contributed by atoms with van der Waals surface area (Å²) in [6, 6.07) is 7.80. The van der Waals surface area contributed by atoms with Crippen molar-refractivity contribution < 1.29 is 5.11 Å². The third kappa shape index (κ3) is 2.22. The molecule has 0 radical (unpaired) electrons. The first-order valence-corrected chi connectivity index (χ1v) is 4.59. The summed E-state index contributed by atoms with van der Waals surface area (Å²) in [6.07, 6.45) is 2.89. The van der Waals surface area contributed by atoms with Gasteiger partial charge >= 0.3 is 0 Å². The van der Waals surface area contributed by atoms with E-state index in [0.717, 1.165) is 5.69 Å². The molecule has 0 unspecified atom stereocenters. The third-order valence-electron chi connectivity index (χ3n) is 2.02. The molecule has 76 valence electrons. The quantitative estimate of drug-likeness (QED) is 0.731. The molecule has 1 aromatic heterocycles. The minimum absolute atomic E-state index is 0.103. The second-order valence-electron chi connectivity index (χ2n) is 3.26. The molecule has 2 N–H and O–H groups in total. The highest BCUT2D eigenvalue weighted by Gasteiger charge is 1.97. The number of aromatic nitrogens is 2. The van der Waals surface area contributed by atoms with Crippen LogP contribution in [-0.4, -0.2) is 21.5 Å². The van der Waals surface area contributed by atoms with Crippen LogP contribution in [0.2, 0.25) is 0 Å². The molecule has 0 aliphatic rings. The Morgan fingerprint density at radius 1 is 1.33 bits per heavy atom. The highest BCUT2D eigenvalue weighted by atomic mass is 16.3. The fraction of sp³-hybridized carbons (Fsp3) is 0.0909. The molecule has 15 heavy (non-hydrogen) atoms. The predicted octanol–water partition coefficient (Wildman–Crippen LogP) is 2.17. The first-order valence-electron chi connectivity index (χ1n) is 4.59. The number of hydrogen-bond donors (Lipinski definition) is 2. The maximum Gasteiger partial charge on any atom is 0.162 e. The Morgan fingerprint density at radius 2 is 2.07 bits per heavy atom. The number of benzene rings is 1. The van der Waals surface area contributed by atoms with Crippen molar-refractivity contribution in [2.24, 2.45) is 4.99 Å². The molecule has 0 fully saturated rings. The van der Waals surface area contributed by atoms with Crippen LogP contribution in [0.1, 0.15) is 11.3 Å². The number of aryl methyl sites for hydroxylation is 1. The Labute approximate surface area is 87.3 Å². The van der Waals surface area contributed by atoms with Crippen molar-refractivity contribution in [3.8, 4) is 5.75 Å². The monoisotopic (exact) mass is 201 g/mol. The van der Waals surface area contributed by atoms with E-state index in [4.69, 9.17) is 0 Å². The Morgan fingerprint density at radius 3 is 2.67 bits per heavy atom. The lowest BCUT2D eigenvalue weighted by atomic mass is 10.2. The normalized spacial score (nSPS) is 11.0. The molecular weight excluding hydrogens is 190 g/mol. The van der Waals surface area contributed by atoms with E-state index in [1.165, 1.54) is 11.8 Å². The van der Waals surface area contributed by atoms with Crippen molar-refractivity contribution in [2.75, 3.05) is 0 Å². The summed E-state index contributed by atoms with van der Waals surface area (Å²) in [6.45, 7) is 2.02. The molecule has 0 aliphatic carbocycles. The Kier molecular flexibility index (Phi) is 2.49. The lowest BCUT2D eigenvalue weighted by Crippen LogP contribution is -1.81. The largest absolute Gasteiger partial charge is 0.504 e. The van der Waals surface area contributed by atoms with Crippen LogP contribution in [0.4, 0.5) is 5.69 Å². The number of nitrogens with zero attached hydrogens (tertiary/aromatic N) is 2. The van der Waals surface area contributed by atoms with Crippen molar-refractivity contribution in [1.82, 2.24) is 10.2 Å². The molecule has 1 heterocycles. The topological polar surface area (TPSA) is 61.3 Å². The predicted molar refractivity (Wildman–Crippen MR) is 58.7 cm³/mol. The lowest BCUT2D eigenvalue weighted by molar-refractivity contribution is 0.475. The van der Waals surface area contributed by atoms with Gasteiger partial charge in [0.2, 0.25) is 0 Å². The summed E-state index contributed by atoms with van der Waals surface area (Å²) in [5.41, 5.74) is 2.54. The van der Waals surface area contributed by atoms with E-state index in [-0.39, 0.29) is 5.75 Å². The minimum atomic E-state index is 0.103. The molecule has 0 amide bonds. The van der Waals surface area contributed by atoms with Crippen LogP contribution in [0.25, 0.3) is 0 Å². The van der Waals surface area contributed by atoms with Crippen molar-refractivity contribution >= 4 is 11.9 Å².